The molecule has 340 valence electrons. The van der Waals surface area contributed by atoms with E-state index in [1.807, 2.05) is 33.7 Å². The Bertz CT molecular complexity index is 2740. The summed E-state index contributed by atoms with van der Waals surface area (Å²) in [7, 11) is 0. The summed E-state index contributed by atoms with van der Waals surface area (Å²) in [5.41, 5.74) is 8.01. The number of carbonyl (C=O) groups is 5. The molecule has 0 radical (unpaired) electrons. The number of anilines is 3. The van der Waals surface area contributed by atoms with E-state index in [0.717, 1.165) is 80.8 Å². The number of carbonyl (C=O) groups excluding carboxylic acids is 5. The molecule has 3 saturated heterocycles. The predicted octanol–water partition coefficient (Wildman–Crippen LogP) is 5.27. The SMILES string of the molecule is O=C1CCC(Nc2ccc3c(c2)CCC32CCN(CC(=O)N3CCN(c4ccc(-c5cc(F)c6c(c5)C(=O)N(C(C(=O)Nc5nccs5)c5ncn7c5CCC7)C6)cc4)CC3)CC2)C(=O)N1. The van der Waals surface area contributed by atoms with Gasteiger partial charge in [-0.15, -0.1) is 11.3 Å². The van der Waals surface area contributed by atoms with Crippen molar-refractivity contribution >= 4 is 57.4 Å². The number of hydrogen-bond acceptors (Lipinski definition) is 11. The molecular weight excluding hydrogens is 860 g/mol. The molecule has 11 rings (SSSR count). The molecule has 66 heavy (non-hydrogen) atoms. The van der Waals surface area contributed by atoms with Crippen molar-refractivity contribution in [1.29, 1.82) is 0 Å². The molecule has 5 aliphatic heterocycles. The van der Waals surface area contributed by atoms with Crippen LogP contribution >= 0.6 is 11.3 Å². The summed E-state index contributed by atoms with van der Waals surface area (Å²) >= 11 is 1.28. The van der Waals surface area contributed by atoms with Gasteiger partial charge in [0.2, 0.25) is 17.7 Å². The first-order valence-corrected chi connectivity index (χ1v) is 23.9. The highest BCUT2D eigenvalue weighted by molar-refractivity contribution is 7.13. The average Bonchev–Trinajstić information content (AvgIpc) is 4.19. The molecule has 15 nitrogen and oxygen atoms in total. The molecule has 1 spiro atoms. The molecule has 0 saturated carbocycles. The van der Waals surface area contributed by atoms with E-state index in [9.17, 15) is 24.0 Å². The van der Waals surface area contributed by atoms with Crippen LogP contribution < -0.4 is 20.9 Å². The molecule has 2 aromatic heterocycles. The second-order valence-corrected chi connectivity index (χ2v) is 19.4. The van der Waals surface area contributed by atoms with E-state index in [2.05, 4.69) is 53.9 Å². The van der Waals surface area contributed by atoms with Crippen LogP contribution in [0.15, 0.2) is 72.5 Å². The molecule has 6 aliphatic rings. The first-order chi connectivity index (χ1) is 32.1. The lowest BCUT2D eigenvalue weighted by Gasteiger charge is -2.41. The van der Waals surface area contributed by atoms with Crippen LogP contribution in [0, 0.1) is 5.82 Å². The fraction of sp³-hybridized carbons (Fsp3) is 0.408. The number of aromatic nitrogens is 3. The average molecular weight is 911 g/mol. The second kappa shape index (κ2) is 17.1. The Kier molecular flexibility index (Phi) is 10.9. The summed E-state index contributed by atoms with van der Waals surface area (Å²) in [6.45, 7) is 5.53. The molecule has 5 aromatic rings. The largest absolute Gasteiger partial charge is 0.374 e. The number of aryl methyl sites for hydroxylation is 2. The molecule has 17 heteroatoms. The van der Waals surface area contributed by atoms with Crippen molar-refractivity contribution in [3.63, 3.8) is 0 Å². The van der Waals surface area contributed by atoms with Gasteiger partial charge in [-0.3, -0.25) is 39.5 Å². The van der Waals surface area contributed by atoms with Crippen molar-refractivity contribution in [3.8, 4) is 11.1 Å². The lowest BCUT2D eigenvalue weighted by molar-refractivity contribution is -0.134. The number of halogens is 1. The standard InChI is InChI=1S/C49H51FN10O5S/c50-38-26-32(25-35-36(38)27-60(47(35)65)44(46(64)55-48-51-15-23-66-48)43-40-2-1-16-59(40)29-52-43)30-3-6-34(7-4-30)57-19-21-58(22-20-57)42(62)28-56-17-13-49(14-18-56)12-11-31-24-33(5-8-37(31)49)53-39-9-10-41(61)54-45(39)63/h3-8,15,23-26,29,39,44,53H,1-2,9-14,16-22,27-28H2,(H,51,55,64)(H,54,61,63). The lowest BCUT2D eigenvalue weighted by atomic mass is 9.74. The number of amides is 5. The van der Waals surface area contributed by atoms with E-state index in [0.29, 0.717) is 62.0 Å². The Morgan fingerprint density at radius 3 is 2.48 bits per heavy atom. The smallest absolute Gasteiger partial charge is 0.255 e. The maximum atomic E-state index is 16.0. The van der Waals surface area contributed by atoms with E-state index in [1.54, 1.807) is 24.0 Å². The summed E-state index contributed by atoms with van der Waals surface area (Å²) in [6, 6.07) is 16.1. The van der Waals surface area contributed by atoms with Crippen molar-refractivity contribution < 1.29 is 28.4 Å². The molecule has 7 heterocycles. The topological polar surface area (TPSA) is 165 Å². The van der Waals surface area contributed by atoms with Crippen LogP contribution in [0.25, 0.3) is 11.1 Å². The van der Waals surface area contributed by atoms with E-state index in [4.69, 9.17) is 0 Å². The fourth-order valence-electron chi connectivity index (χ4n) is 11.1. The number of nitrogens with one attached hydrogen (secondary N) is 3. The van der Waals surface area contributed by atoms with Gasteiger partial charge >= 0.3 is 0 Å². The van der Waals surface area contributed by atoms with Crippen LogP contribution in [0.1, 0.15) is 83.0 Å². The number of imidazole rings is 1. The molecule has 3 fully saturated rings. The number of hydrogen-bond donors (Lipinski definition) is 3. The van der Waals surface area contributed by atoms with Gasteiger partial charge in [-0.05, 0) is 122 Å². The van der Waals surface area contributed by atoms with Crippen molar-refractivity contribution in [2.75, 3.05) is 61.3 Å². The number of nitrogens with zero attached hydrogens (tertiary/aromatic N) is 7. The number of rotatable bonds is 10. The summed E-state index contributed by atoms with van der Waals surface area (Å²) in [5, 5.41) is 10.8. The Morgan fingerprint density at radius 1 is 0.894 bits per heavy atom. The number of fused-ring (bicyclic) bond motifs is 4. The Labute approximate surface area is 385 Å². The van der Waals surface area contributed by atoms with Gasteiger partial charge in [-0.2, -0.15) is 0 Å². The summed E-state index contributed by atoms with van der Waals surface area (Å²) in [4.78, 5) is 82.2. The van der Waals surface area contributed by atoms with Crippen LogP contribution in [0.3, 0.4) is 0 Å². The van der Waals surface area contributed by atoms with Crippen LogP contribution in [0.2, 0.25) is 0 Å². The minimum Gasteiger partial charge on any atom is -0.374 e. The summed E-state index contributed by atoms with van der Waals surface area (Å²) in [6.07, 6.45) is 9.89. The van der Waals surface area contributed by atoms with Gasteiger partial charge in [0.05, 0.1) is 25.1 Å². The maximum absolute atomic E-state index is 16.0. The third-order valence-electron chi connectivity index (χ3n) is 14.8. The van der Waals surface area contributed by atoms with Gasteiger partial charge in [-0.25, -0.2) is 14.4 Å². The normalized spacial score (nSPS) is 20.6. The number of imide groups is 1. The molecule has 3 N–H and O–H groups in total. The molecule has 3 aromatic carbocycles. The van der Waals surface area contributed by atoms with Crippen LogP contribution in [0.5, 0.6) is 0 Å². The first kappa shape index (κ1) is 42.2. The first-order valence-electron chi connectivity index (χ1n) is 23.1. The number of likely N-dealkylation sites (tertiary alicyclic amines) is 1. The van der Waals surface area contributed by atoms with E-state index in [1.165, 1.54) is 33.4 Å². The van der Waals surface area contributed by atoms with Gasteiger partial charge in [0, 0.05) is 78.9 Å². The highest BCUT2D eigenvalue weighted by atomic mass is 32.1. The zero-order valence-electron chi connectivity index (χ0n) is 36.6. The van der Waals surface area contributed by atoms with Crippen LogP contribution in [-0.2, 0) is 50.5 Å². The zero-order chi connectivity index (χ0) is 45.1. The van der Waals surface area contributed by atoms with E-state index < -0.39 is 29.7 Å². The van der Waals surface area contributed by atoms with Gasteiger partial charge in [0.15, 0.2) is 11.2 Å². The third kappa shape index (κ3) is 7.80. The number of piperazine rings is 1. The summed E-state index contributed by atoms with van der Waals surface area (Å²) < 4.78 is 18.0. The maximum Gasteiger partial charge on any atom is 0.255 e. The molecule has 5 amide bonds. The Hall–Kier alpha value is -6.46. The van der Waals surface area contributed by atoms with Crippen molar-refractivity contribution in [1.82, 2.24) is 34.6 Å². The molecule has 0 bridgehead atoms. The third-order valence-corrected chi connectivity index (χ3v) is 15.5. The minimum absolute atomic E-state index is 0.0547. The zero-order valence-corrected chi connectivity index (χ0v) is 37.4. The molecular formula is C49H51FN10O5S. The number of piperidine rings is 2. The van der Waals surface area contributed by atoms with Crippen LogP contribution in [-0.4, -0.2) is 111 Å². The quantitative estimate of drug-likeness (QED) is 0.157. The molecule has 2 atom stereocenters. The second-order valence-electron chi connectivity index (χ2n) is 18.5. The van der Waals surface area contributed by atoms with Gasteiger partial charge < -0.3 is 24.6 Å². The summed E-state index contributed by atoms with van der Waals surface area (Å²) in [5.74, 6) is -1.68. The van der Waals surface area contributed by atoms with Gasteiger partial charge in [0.25, 0.3) is 11.8 Å². The van der Waals surface area contributed by atoms with E-state index >= 15 is 4.39 Å². The van der Waals surface area contributed by atoms with Crippen molar-refractivity contribution in [2.24, 2.45) is 0 Å². The Balaban J connectivity index is 0.688. The Morgan fingerprint density at radius 2 is 1.71 bits per heavy atom. The molecule has 2 unspecified atom stereocenters. The lowest BCUT2D eigenvalue weighted by Crippen LogP contribution is -2.52. The van der Waals surface area contributed by atoms with Gasteiger partial charge in [-0.1, -0.05) is 18.2 Å². The van der Waals surface area contributed by atoms with Crippen molar-refractivity contribution in [2.45, 2.75) is 82.0 Å². The molecule has 1 aliphatic carbocycles. The highest BCUT2D eigenvalue weighted by Gasteiger charge is 2.44. The van der Waals surface area contributed by atoms with E-state index in [-0.39, 0.29) is 40.8 Å². The highest BCUT2D eigenvalue weighted by Crippen LogP contribution is 2.47. The monoisotopic (exact) mass is 910 g/mol. The van der Waals surface area contributed by atoms with Gasteiger partial charge in [0.1, 0.15) is 11.9 Å². The fourth-order valence-corrected chi connectivity index (χ4v) is 11.7. The minimum atomic E-state index is -1.05. The van der Waals surface area contributed by atoms with Crippen LogP contribution in [0.4, 0.5) is 20.9 Å². The predicted molar refractivity (Wildman–Crippen MR) is 246 cm³/mol. The van der Waals surface area contributed by atoms with Crippen molar-refractivity contribution in [3.05, 3.63) is 112 Å². The number of benzene rings is 3. The number of thiazole rings is 1.